The van der Waals surface area contributed by atoms with Crippen LogP contribution in [0.25, 0.3) is 0 Å². The third-order valence-electron chi connectivity index (χ3n) is 7.72. The molecule has 11 heteroatoms. The number of carbonyl (C=O) groups excluding carboxylic acids is 4. The number of alkyl halides is 3. The fourth-order valence-corrected chi connectivity index (χ4v) is 5.58. The number of benzene rings is 1. The van der Waals surface area contributed by atoms with Crippen molar-refractivity contribution in [2.45, 2.75) is 81.6 Å². The highest BCUT2D eigenvalue weighted by Crippen LogP contribution is 2.45. The van der Waals surface area contributed by atoms with Crippen LogP contribution >= 0.6 is 0 Å². The first-order valence-electron chi connectivity index (χ1n) is 12.9. The van der Waals surface area contributed by atoms with Crippen molar-refractivity contribution in [2.24, 2.45) is 5.92 Å². The van der Waals surface area contributed by atoms with E-state index in [0.717, 1.165) is 19.2 Å². The molecule has 2 fully saturated rings. The van der Waals surface area contributed by atoms with Crippen molar-refractivity contribution in [2.75, 3.05) is 7.11 Å². The van der Waals surface area contributed by atoms with Crippen molar-refractivity contribution in [3.8, 4) is 0 Å². The molecule has 0 N–H and O–H groups in total. The first kappa shape index (κ1) is 29.7. The number of hydrogen-bond acceptors (Lipinski definition) is 8. The third-order valence-corrected chi connectivity index (χ3v) is 7.72. The zero-order valence-corrected chi connectivity index (χ0v) is 22.4. The first-order valence-corrected chi connectivity index (χ1v) is 12.9. The molecule has 4 bridgehead atoms. The summed E-state index contributed by atoms with van der Waals surface area (Å²) in [6.07, 6.45) is -7.90. The summed E-state index contributed by atoms with van der Waals surface area (Å²) >= 11 is 0. The van der Waals surface area contributed by atoms with Crippen LogP contribution in [0.3, 0.4) is 0 Å². The maximum absolute atomic E-state index is 14.5. The van der Waals surface area contributed by atoms with E-state index in [-0.39, 0.29) is 49.2 Å². The zero-order chi connectivity index (χ0) is 29.5. The van der Waals surface area contributed by atoms with Crippen LogP contribution in [-0.4, -0.2) is 60.7 Å². The van der Waals surface area contributed by atoms with E-state index in [1.165, 1.54) is 24.3 Å². The van der Waals surface area contributed by atoms with Crippen LogP contribution < -0.4 is 0 Å². The van der Waals surface area contributed by atoms with E-state index in [1.54, 1.807) is 13.8 Å². The van der Waals surface area contributed by atoms with Crippen molar-refractivity contribution in [1.82, 2.24) is 0 Å². The SMILES string of the molecule is C=C(C)[C@@H]1C/C=C2/C(=O)O[C@@H](C[C@]3(C)CC(=O)[C@H](CC(=O)C1)O3)[C@@H]2OC(=O)[C@@](OC)(c1ccccc1)C(F)(F)F. The Hall–Kier alpha value is -3.31. The molecule has 0 spiro atoms. The molecule has 3 aliphatic heterocycles. The molecule has 0 aliphatic carbocycles. The van der Waals surface area contributed by atoms with E-state index in [9.17, 15) is 32.3 Å². The maximum atomic E-state index is 14.5. The molecular formula is C29H31F3O8. The monoisotopic (exact) mass is 564 g/mol. The largest absolute Gasteiger partial charge is 0.454 e. The molecule has 40 heavy (non-hydrogen) atoms. The van der Waals surface area contributed by atoms with Gasteiger partial charge in [-0.2, -0.15) is 13.2 Å². The quantitative estimate of drug-likeness (QED) is 0.385. The Morgan fingerprint density at radius 2 is 1.80 bits per heavy atom. The summed E-state index contributed by atoms with van der Waals surface area (Å²) in [5, 5.41) is 0. The summed E-state index contributed by atoms with van der Waals surface area (Å²) in [4.78, 5) is 51.9. The van der Waals surface area contributed by atoms with E-state index >= 15 is 0 Å². The highest BCUT2D eigenvalue weighted by Gasteiger charge is 2.65. The molecule has 0 saturated carbocycles. The molecule has 4 rings (SSSR count). The van der Waals surface area contributed by atoms with Crippen molar-refractivity contribution < 1.29 is 51.3 Å². The number of ether oxygens (including phenoxy) is 4. The highest BCUT2D eigenvalue weighted by molar-refractivity contribution is 5.94. The molecule has 3 heterocycles. The van der Waals surface area contributed by atoms with Gasteiger partial charge >= 0.3 is 18.1 Å². The number of carbonyl (C=O) groups is 4. The lowest BCUT2D eigenvalue weighted by Gasteiger charge is -2.34. The minimum absolute atomic E-state index is 0.0146. The van der Waals surface area contributed by atoms with Crippen LogP contribution in [-0.2, 0) is 43.7 Å². The number of halogens is 3. The molecule has 216 valence electrons. The lowest BCUT2D eigenvalue weighted by molar-refractivity contribution is -0.278. The van der Waals surface area contributed by atoms with Gasteiger partial charge in [0.2, 0.25) is 0 Å². The van der Waals surface area contributed by atoms with E-state index in [2.05, 4.69) is 6.58 Å². The molecule has 1 aromatic carbocycles. The van der Waals surface area contributed by atoms with Crippen molar-refractivity contribution in [3.05, 3.63) is 59.7 Å². The van der Waals surface area contributed by atoms with Crippen LogP contribution in [0.2, 0.25) is 0 Å². The summed E-state index contributed by atoms with van der Waals surface area (Å²) in [5.74, 6) is -3.64. The predicted molar refractivity (Wildman–Crippen MR) is 134 cm³/mol. The van der Waals surface area contributed by atoms with Crippen molar-refractivity contribution in [1.29, 1.82) is 0 Å². The zero-order valence-electron chi connectivity index (χ0n) is 22.4. The first-order chi connectivity index (χ1) is 18.7. The highest BCUT2D eigenvalue weighted by atomic mass is 19.4. The minimum atomic E-state index is -5.23. The van der Waals surface area contributed by atoms with Crippen LogP contribution in [0, 0.1) is 5.92 Å². The summed E-state index contributed by atoms with van der Waals surface area (Å²) in [6, 6.07) is 6.31. The number of ketones is 2. The van der Waals surface area contributed by atoms with Gasteiger partial charge in [0.15, 0.2) is 11.9 Å². The second-order valence-electron chi connectivity index (χ2n) is 10.8. The Kier molecular flexibility index (Phi) is 8.11. The predicted octanol–water partition coefficient (Wildman–Crippen LogP) is 4.31. The Morgan fingerprint density at radius 3 is 2.40 bits per heavy atom. The molecule has 0 unspecified atom stereocenters. The molecule has 8 nitrogen and oxygen atoms in total. The van der Waals surface area contributed by atoms with E-state index in [0.29, 0.717) is 5.57 Å². The Bertz CT molecular complexity index is 1240. The normalized spacial score (nSPS) is 32.0. The van der Waals surface area contributed by atoms with Crippen LogP contribution in [0.15, 0.2) is 54.1 Å². The smallest absolute Gasteiger partial charge is 0.432 e. The van der Waals surface area contributed by atoms with Gasteiger partial charge in [-0.15, -0.1) is 0 Å². The second-order valence-corrected chi connectivity index (χ2v) is 10.8. The number of methoxy groups -OCH3 is 1. The summed E-state index contributed by atoms with van der Waals surface area (Å²) < 4.78 is 65.4. The average molecular weight is 565 g/mol. The van der Waals surface area contributed by atoms with Gasteiger partial charge < -0.3 is 18.9 Å². The van der Waals surface area contributed by atoms with Crippen molar-refractivity contribution in [3.63, 3.8) is 0 Å². The third kappa shape index (κ3) is 5.49. The second kappa shape index (κ2) is 10.9. The lowest BCUT2D eigenvalue weighted by atomic mass is 9.87. The molecular weight excluding hydrogens is 533 g/mol. The fraction of sp³-hybridized carbons (Fsp3) is 0.517. The molecule has 2 saturated heterocycles. The number of allylic oxidation sites excluding steroid dienone is 2. The number of esters is 2. The number of Topliss-reactive ketones (excluding diaryl/α,β-unsaturated/α-hetero) is 2. The van der Waals surface area contributed by atoms with E-state index in [1.807, 2.05) is 0 Å². The van der Waals surface area contributed by atoms with E-state index in [4.69, 9.17) is 18.9 Å². The summed E-state index contributed by atoms with van der Waals surface area (Å²) in [5.41, 5.74) is -4.74. The number of fused-ring (bicyclic) bond motifs is 4. The molecule has 0 aromatic heterocycles. The van der Waals surface area contributed by atoms with Gasteiger partial charge in [-0.05, 0) is 26.2 Å². The molecule has 3 aliphatic rings. The van der Waals surface area contributed by atoms with Gasteiger partial charge in [0.1, 0.15) is 18.0 Å². The van der Waals surface area contributed by atoms with Gasteiger partial charge in [-0.3, -0.25) is 9.59 Å². The summed E-state index contributed by atoms with van der Waals surface area (Å²) in [6.45, 7) is 7.19. The minimum Gasteiger partial charge on any atom is -0.454 e. The summed E-state index contributed by atoms with van der Waals surface area (Å²) in [7, 11) is 0.745. The topological polar surface area (TPSA) is 105 Å². The Balaban J connectivity index is 1.77. The van der Waals surface area contributed by atoms with Crippen LogP contribution in [0.5, 0.6) is 0 Å². The fourth-order valence-electron chi connectivity index (χ4n) is 5.58. The number of hydrogen-bond donors (Lipinski definition) is 0. The molecule has 0 radical (unpaired) electrons. The van der Waals surface area contributed by atoms with Gasteiger partial charge in [0, 0.05) is 38.4 Å². The maximum Gasteiger partial charge on any atom is 0.432 e. The van der Waals surface area contributed by atoms with Gasteiger partial charge in [0.25, 0.3) is 5.60 Å². The Labute approximate surface area is 229 Å². The number of rotatable bonds is 5. The molecule has 0 amide bonds. The van der Waals surface area contributed by atoms with Crippen LogP contribution in [0.4, 0.5) is 13.2 Å². The Morgan fingerprint density at radius 1 is 1.12 bits per heavy atom. The van der Waals surface area contributed by atoms with Gasteiger partial charge in [0.05, 0.1) is 11.2 Å². The molecule has 1 aromatic rings. The van der Waals surface area contributed by atoms with Gasteiger partial charge in [-0.1, -0.05) is 48.6 Å². The van der Waals surface area contributed by atoms with Crippen molar-refractivity contribution >= 4 is 23.5 Å². The van der Waals surface area contributed by atoms with Gasteiger partial charge in [-0.25, -0.2) is 9.59 Å². The lowest BCUT2D eigenvalue weighted by Crippen LogP contribution is -2.53. The standard InChI is InChI=1S/C29H31F3O8/c1-16(2)17-10-11-20-24(39-26(36)28(37-4,29(30,31)32)18-8-6-5-7-9-18)23(38-25(20)35)15-27(3)14-21(34)22(40-27)13-19(33)12-17/h5-9,11,17,22-24H,1,10,12-15H2,2-4H3/b20-11+/t17-,22+,23+,24-,27+,28+/m1/s1. The average Bonchev–Trinajstić information content (AvgIpc) is 3.30. The van der Waals surface area contributed by atoms with Crippen LogP contribution in [0.1, 0.15) is 51.5 Å². The van der Waals surface area contributed by atoms with E-state index < -0.39 is 59.1 Å². The molecule has 6 atom stereocenters.